The molecule has 0 aliphatic heterocycles. The second-order valence-electron chi connectivity index (χ2n) is 10.1. The van der Waals surface area contributed by atoms with Crippen LogP contribution in [0.1, 0.15) is 65.2 Å². The summed E-state index contributed by atoms with van der Waals surface area (Å²) in [5.74, 6) is 0.0476. The molecule has 0 aromatic carbocycles. The lowest BCUT2D eigenvalue weighted by Gasteiger charge is -2.64. The number of carbonyl (C=O) groups excluding carboxylic acids is 1. The molecule has 0 saturated heterocycles. The summed E-state index contributed by atoms with van der Waals surface area (Å²) in [6, 6.07) is 0. The van der Waals surface area contributed by atoms with Gasteiger partial charge in [-0.2, -0.15) is 0 Å². The average molecular weight is 366 g/mol. The molecule has 0 spiro atoms. The number of rotatable bonds is 2. The predicted molar refractivity (Wildman–Crippen MR) is 96.2 cm³/mol. The number of aliphatic hydroxyl groups is 4. The van der Waals surface area contributed by atoms with Crippen LogP contribution in [0.4, 0.5) is 0 Å². The molecule has 26 heavy (non-hydrogen) atoms. The Morgan fingerprint density at radius 3 is 2.42 bits per heavy atom. The van der Waals surface area contributed by atoms with Gasteiger partial charge in [-0.1, -0.05) is 13.8 Å². The number of hydrogen-bond donors (Lipinski definition) is 4. The highest BCUT2D eigenvalue weighted by molar-refractivity contribution is 5.83. The van der Waals surface area contributed by atoms with Gasteiger partial charge in [-0.15, -0.1) is 0 Å². The minimum atomic E-state index is -1.05. The molecule has 0 radical (unpaired) electrons. The molecule has 4 rings (SSSR count). The predicted octanol–water partition coefficient (Wildman–Crippen LogP) is 1.65. The molecule has 5 nitrogen and oxygen atoms in total. The van der Waals surface area contributed by atoms with E-state index in [0.717, 1.165) is 32.1 Å². The topological polar surface area (TPSA) is 98.0 Å². The molecule has 4 aliphatic rings. The van der Waals surface area contributed by atoms with Gasteiger partial charge >= 0.3 is 0 Å². The number of fused-ring (bicyclic) bond motifs is 5. The molecule has 0 heterocycles. The highest BCUT2D eigenvalue weighted by Gasteiger charge is 2.71. The Kier molecular flexibility index (Phi) is 4.35. The monoisotopic (exact) mass is 366 g/mol. The van der Waals surface area contributed by atoms with E-state index >= 15 is 0 Å². The summed E-state index contributed by atoms with van der Waals surface area (Å²) in [6.45, 7) is 3.65. The zero-order valence-electron chi connectivity index (χ0n) is 16.0. The molecular formula is C21H34O5. The molecule has 0 aromatic rings. The Labute approximate surface area is 155 Å². The van der Waals surface area contributed by atoms with E-state index in [1.54, 1.807) is 0 Å². The third kappa shape index (κ3) is 2.20. The van der Waals surface area contributed by atoms with Gasteiger partial charge < -0.3 is 20.4 Å². The lowest BCUT2D eigenvalue weighted by molar-refractivity contribution is -0.246. The van der Waals surface area contributed by atoms with Crippen LogP contribution in [0.25, 0.3) is 0 Å². The molecule has 4 N–H and O–H groups in total. The molecule has 0 bridgehead atoms. The number of aliphatic hydroxyl groups excluding tert-OH is 3. The Morgan fingerprint density at radius 1 is 1.00 bits per heavy atom. The van der Waals surface area contributed by atoms with Crippen LogP contribution in [0.2, 0.25) is 0 Å². The largest absolute Gasteiger partial charge is 0.393 e. The molecule has 0 amide bonds. The summed E-state index contributed by atoms with van der Waals surface area (Å²) in [5.41, 5.74) is -1.88. The minimum Gasteiger partial charge on any atom is -0.393 e. The zero-order valence-corrected chi connectivity index (χ0v) is 16.0. The third-order valence-corrected chi connectivity index (χ3v) is 9.46. The van der Waals surface area contributed by atoms with Crippen LogP contribution in [0.15, 0.2) is 0 Å². The van der Waals surface area contributed by atoms with Crippen molar-refractivity contribution in [2.45, 2.75) is 83.0 Å². The molecule has 3 unspecified atom stereocenters. The van der Waals surface area contributed by atoms with Crippen molar-refractivity contribution < 1.29 is 25.2 Å². The Balaban J connectivity index is 1.71. The van der Waals surface area contributed by atoms with Gasteiger partial charge in [0.05, 0.1) is 17.8 Å². The van der Waals surface area contributed by atoms with Crippen LogP contribution in [0.3, 0.4) is 0 Å². The van der Waals surface area contributed by atoms with Crippen molar-refractivity contribution in [1.29, 1.82) is 0 Å². The first-order valence-corrected chi connectivity index (χ1v) is 10.4. The summed E-state index contributed by atoms with van der Waals surface area (Å²) in [5, 5.41) is 42.5. The lowest BCUT2D eigenvalue weighted by Crippen LogP contribution is -2.67. The lowest BCUT2D eigenvalue weighted by atomic mass is 9.42. The van der Waals surface area contributed by atoms with E-state index in [0.29, 0.717) is 25.2 Å². The molecule has 4 fully saturated rings. The maximum Gasteiger partial charge on any atom is 0.161 e. The molecule has 4 aliphatic carbocycles. The van der Waals surface area contributed by atoms with Gasteiger partial charge in [0.15, 0.2) is 5.78 Å². The van der Waals surface area contributed by atoms with E-state index < -0.39 is 29.6 Å². The molecule has 5 heteroatoms. The fourth-order valence-electron chi connectivity index (χ4n) is 7.81. The van der Waals surface area contributed by atoms with Crippen molar-refractivity contribution >= 4 is 5.78 Å². The third-order valence-electron chi connectivity index (χ3n) is 9.46. The second-order valence-corrected chi connectivity index (χ2v) is 10.1. The fraction of sp³-hybridized carbons (Fsp3) is 0.952. The number of Topliss-reactive ketones (excluding diaryl/α,β-unsaturated/α-hetero) is 1. The second kappa shape index (κ2) is 6.00. The minimum absolute atomic E-state index is 0.0409. The van der Waals surface area contributed by atoms with Crippen LogP contribution in [0.5, 0.6) is 0 Å². The van der Waals surface area contributed by atoms with E-state index in [1.807, 2.05) is 6.92 Å². The van der Waals surface area contributed by atoms with E-state index in [9.17, 15) is 25.2 Å². The van der Waals surface area contributed by atoms with Gasteiger partial charge in [0.1, 0.15) is 6.61 Å². The number of carbonyl (C=O) groups is 1. The van der Waals surface area contributed by atoms with E-state index in [1.165, 1.54) is 0 Å². The maximum atomic E-state index is 12.3. The van der Waals surface area contributed by atoms with E-state index in [4.69, 9.17) is 0 Å². The molecule has 0 aromatic heterocycles. The van der Waals surface area contributed by atoms with E-state index in [-0.39, 0.29) is 29.1 Å². The highest BCUT2D eigenvalue weighted by atomic mass is 16.3. The molecule has 4 saturated carbocycles. The highest BCUT2D eigenvalue weighted by Crippen LogP contribution is 2.69. The maximum absolute atomic E-state index is 12.3. The van der Waals surface area contributed by atoms with Crippen molar-refractivity contribution in [3.8, 4) is 0 Å². The summed E-state index contributed by atoms with van der Waals surface area (Å²) < 4.78 is 0. The number of hydrogen-bond acceptors (Lipinski definition) is 5. The summed E-state index contributed by atoms with van der Waals surface area (Å²) in [6.07, 6.45) is 5.21. The van der Waals surface area contributed by atoms with Crippen molar-refractivity contribution in [1.82, 2.24) is 0 Å². The summed E-state index contributed by atoms with van der Waals surface area (Å²) >= 11 is 0. The zero-order chi connectivity index (χ0) is 18.9. The summed E-state index contributed by atoms with van der Waals surface area (Å²) in [4.78, 5) is 12.3. The van der Waals surface area contributed by atoms with E-state index in [2.05, 4.69) is 6.92 Å². The summed E-state index contributed by atoms with van der Waals surface area (Å²) in [7, 11) is 0. The fourth-order valence-corrected chi connectivity index (χ4v) is 7.81. The Bertz CT molecular complexity index is 593. The first kappa shape index (κ1) is 18.9. The van der Waals surface area contributed by atoms with Gasteiger partial charge in [-0.25, -0.2) is 0 Å². The quantitative estimate of drug-likeness (QED) is 0.596. The van der Waals surface area contributed by atoms with Gasteiger partial charge in [0.25, 0.3) is 0 Å². The van der Waals surface area contributed by atoms with Gasteiger partial charge in [-0.3, -0.25) is 4.79 Å². The van der Waals surface area contributed by atoms with Gasteiger partial charge in [-0.05, 0) is 74.5 Å². The van der Waals surface area contributed by atoms with Crippen LogP contribution in [0, 0.1) is 34.5 Å². The average Bonchev–Trinajstić information content (AvgIpc) is 2.89. The van der Waals surface area contributed by atoms with Crippen LogP contribution >= 0.6 is 0 Å². The SMILES string of the molecule is C[C@]12CCC(O)CC1CC[C@@H]1[C@@H]2CC(O)[C@]2(C)[C@@H](C(=O)CO)CC[C@]12O. The van der Waals surface area contributed by atoms with Crippen LogP contribution in [-0.2, 0) is 4.79 Å². The van der Waals surface area contributed by atoms with Crippen molar-refractivity contribution in [3.05, 3.63) is 0 Å². The van der Waals surface area contributed by atoms with Crippen LogP contribution in [-0.4, -0.2) is 50.6 Å². The Morgan fingerprint density at radius 2 is 1.73 bits per heavy atom. The van der Waals surface area contributed by atoms with Crippen molar-refractivity contribution in [2.24, 2.45) is 34.5 Å². The van der Waals surface area contributed by atoms with Gasteiger partial charge in [0, 0.05) is 11.3 Å². The number of ketones is 1. The Hall–Kier alpha value is -0.490. The van der Waals surface area contributed by atoms with Crippen molar-refractivity contribution in [3.63, 3.8) is 0 Å². The molecule has 9 atom stereocenters. The standard InChI is InChI=1S/C21H34O5/c1-19-7-5-13(23)9-12(19)3-4-14-16(19)10-18(25)20(2)15(17(24)11-22)6-8-21(14,20)26/h12-16,18,22-23,25-26H,3-11H2,1-2H3/t12?,13?,14-,15-,16+,18?,19+,20+,21+/m1/s1. The van der Waals surface area contributed by atoms with Gasteiger partial charge in [0.2, 0.25) is 0 Å². The molecular weight excluding hydrogens is 332 g/mol. The smallest absolute Gasteiger partial charge is 0.161 e. The first-order chi connectivity index (χ1) is 12.2. The first-order valence-electron chi connectivity index (χ1n) is 10.4. The van der Waals surface area contributed by atoms with Crippen molar-refractivity contribution in [2.75, 3.05) is 6.61 Å². The van der Waals surface area contributed by atoms with Crippen LogP contribution < -0.4 is 0 Å². The molecule has 148 valence electrons. The normalized spacial score (nSPS) is 56.4.